The summed E-state index contributed by atoms with van der Waals surface area (Å²) in [6, 6.07) is 11.2. The van der Waals surface area contributed by atoms with Gasteiger partial charge in [-0.15, -0.1) is 0 Å². The first-order valence-electron chi connectivity index (χ1n) is 9.71. The van der Waals surface area contributed by atoms with Crippen molar-refractivity contribution in [2.45, 2.75) is 6.42 Å². The second kappa shape index (κ2) is 7.25. The molecule has 1 saturated carbocycles. The molecule has 2 aromatic carbocycles. The van der Waals surface area contributed by atoms with Crippen molar-refractivity contribution >= 4 is 46.5 Å². The van der Waals surface area contributed by atoms with Gasteiger partial charge in [0.25, 0.3) is 0 Å². The molecule has 5 rings (SSSR count). The number of ether oxygens (including phenoxy) is 1. The summed E-state index contributed by atoms with van der Waals surface area (Å²) < 4.78 is 5.74. The molecule has 0 spiro atoms. The predicted molar refractivity (Wildman–Crippen MR) is 113 cm³/mol. The van der Waals surface area contributed by atoms with Crippen LogP contribution in [0.5, 0.6) is 5.75 Å². The number of amides is 2. The van der Waals surface area contributed by atoms with E-state index < -0.39 is 0 Å². The highest BCUT2D eigenvalue weighted by atomic mass is 35.5. The summed E-state index contributed by atoms with van der Waals surface area (Å²) in [7, 11) is 0. The number of hydrogen-bond acceptors (Lipinski definition) is 4. The number of halogens is 2. The van der Waals surface area contributed by atoms with Gasteiger partial charge in [0, 0.05) is 15.6 Å². The largest absolute Gasteiger partial charge is 0.483 e. The van der Waals surface area contributed by atoms with Crippen LogP contribution in [-0.2, 0) is 9.59 Å². The molecule has 2 aliphatic carbocycles. The van der Waals surface area contributed by atoms with E-state index in [9.17, 15) is 14.4 Å². The Hall–Kier alpha value is -2.63. The molecule has 7 heteroatoms. The lowest BCUT2D eigenvalue weighted by atomic mass is 9.85. The molecule has 1 aliphatic heterocycles. The van der Waals surface area contributed by atoms with Gasteiger partial charge in [-0.1, -0.05) is 35.4 Å². The first-order valence-corrected chi connectivity index (χ1v) is 10.5. The summed E-state index contributed by atoms with van der Waals surface area (Å²) >= 11 is 12.0. The van der Waals surface area contributed by atoms with E-state index in [1.165, 1.54) is 11.0 Å². The molecule has 30 heavy (non-hydrogen) atoms. The number of fused-ring (bicyclic) bond motifs is 5. The maximum absolute atomic E-state index is 13.1. The number of allylic oxidation sites excluding steroid dienone is 2. The van der Waals surface area contributed by atoms with Crippen LogP contribution in [0.25, 0.3) is 0 Å². The van der Waals surface area contributed by atoms with Crippen molar-refractivity contribution in [1.29, 1.82) is 0 Å². The number of Topliss-reactive ketones (excluding diaryl/α,β-unsaturated/α-hetero) is 1. The molecule has 1 saturated heterocycles. The topological polar surface area (TPSA) is 63.7 Å². The van der Waals surface area contributed by atoms with Crippen LogP contribution in [0, 0.1) is 23.7 Å². The van der Waals surface area contributed by atoms with Gasteiger partial charge in [0.1, 0.15) is 5.75 Å². The number of ketones is 1. The summed E-state index contributed by atoms with van der Waals surface area (Å²) in [6.07, 6.45) is 4.94. The number of carbonyl (C=O) groups is 3. The molecule has 5 nitrogen and oxygen atoms in total. The molecule has 0 radical (unpaired) electrons. The Balaban J connectivity index is 1.41. The van der Waals surface area contributed by atoms with Crippen molar-refractivity contribution in [3.8, 4) is 5.75 Å². The number of hydrogen-bond donors (Lipinski definition) is 0. The predicted octanol–water partition coefficient (Wildman–Crippen LogP) is 4.57. The second-order valence-corrected chi connectivity index (χ2v) is 8.72. The molecule has 0 unspecified atom stereocenters. The summed E-state index contributed by atoms with van der Waals surface area (Å²) in [5.41, 5.74) is 0.746. The zero-order valence-corrected chi connectivity index (χ0v) is 17.3. The lowest BCUT2D eigenvalue weighted by Gasteiger charge is -2.21. The van der Waals surface area contributed by atoms with Crippen LogP contribution >= 0.6 is 23.2 Å². The van der Waals surface area contributed by atoms with Crippen LogP contribution in [0.15, 0.2) is 54.6 Å². The molecule has 2 aromatic rings. The van der Waals surface area contributed by atoms with Crippen LogP contribution in [-0.4, -0.2) is 24.2 Å². The molecule has 2 amide bonds. The number of imide groups is 1. The van der Waals surface area contributed by atoms with Crippen LogP contribution in [0.1, 0.15) is 16.8 Å². The standard InChI is InChI=1S/C23H17Cl2NO4/c24-15-5-3-12(4-6-15)18(27)11-30-19-8-7-16(25)10-17(19)26-22(28)20-13-1-2-14(9-13)21(20)23(26)29/h1-8,10,13-14,20-21H,9,11H2/t13-,14+,20-,21+. The summed E-state index contributed by atoms with van der Waals surface area (Å²) in [5.74, 6) is -0.858. The van der Waals surface area contributed by atoms with Crippen LogP contribution < -0.4 is 9.64 Å². The fourth-order valence-corrected chi connectivity index (χ4v) is 5.08. The van der Waals surface area contributed by atoms with E-state index in [1.54, 1.807) is 36.4 Å². The van der Waals surface area contributed by atoms with Gasteiger partial charge in [0.15, 0.2) is 12.4 Å². The lowest BCUT2D eigenvalue weighted by molar-refractivity contribution is -0.123. The molecule has 2 bridgehead atoms. The molecule has 4 atom stereocenters. The molecule has 152 valence electrons. The Kier molecular flexibility index (Phi) is 4.68. The molecule has 1 heterocycles. The zero-order valence-electron chi connectivity index (χ0n) is 15.8. The minimum Gasteiger partial charge on any atom is -0.483 e. The summed E-state index contributed by atoms with van der Waals surface area (Å²) in [4.78, 5) is 39.9. The average molecular weight is 442 g/mol. The van der Waals surface area contributed by atoms with Crippen molar-refractivity contribution in [3.63, 3.8) is 0 Å². The average Bonchev–Trinajstić information content (AvgIpc) is 3.41. The van der Waals surface area contributed by atoms with E-state index in [0.29, 0.717) is 15.6 Å². The first-order chi connectivity index (χ1) is 14.4. The maximum Gasteiger partial charge on any atom is 0.238 e. The third kappa shape index (κ3) is 3.04. The molecular weight excluding hydrogens is 425 g/mol. The SMILES string of the molecule is O=C(COc1ccc(Cl)cc1N1C(=O)[C@@H]2[C@H](C1=O)[C@@H]1C=C[C@H]2C1)c1ccc(Cl)cc1. The van der Waals surface area contributed by atoms with Gasteiger partial charge in [-0.25, -0.2) is 4.90 Å². The highest BCUT2D eigenvalue weighted by Crippen LogP contribution is 2.54. The van der Waals surface area contributed by atoms with E-state index in [2.05, 4.69) is 0 Å². The van der Waals surface area contributed by atoms with Crippen molar-refractivity contribution in [3.05, 3.63) is 70.2 Å². The molecule has 3 aliphatic rings. The molecule has 2 fully saturated rings. The number of nitrogens with zero attached hydrogens (tertiary/aromatic N) is 1. The molecular formula is C23H17Cl2NO4. The molecule has 0 N–H and O–H groups in total. The molecule has 0 aromatic heterocycles. The van der Waals surface area contributed by atoms with E-state index in [0.717, 1.165) is 6.42 Å². The minimum atomic E-state index is -0.324. The number of rotatable bonds is 5. The fourth-order valence-electron chi connectivity index (χ4n) is 4.79. The Morgan fingerprint density at radius 1 is 0.933 bits per heavy atom. The van der Waals surface area contributed by atoms with Crippen molar-refractivity contribution in [2.75, 3.05) is 11.5 Å². The number of anilines is 1. The van der Waals surface area contributed by atoms with E-state index in [1.807, 2.05) is 12.2 Å². The van der Waals surface area contributed by atoms with Crippen LogP contribution in [0.3, 0.4) is 0 Å². The lowest BCUT2D eigenvalue weighted by Crippen LogP contribution is -2.33. The quantitative estimate of drug-likeness (QED) is 0.387. The second-order valence-electron chi connectivity index (χ2n) is 7.84. The fraction of sp³-hybridized carbons (Fsp3) is 0.261. The van der Waals surface area contributed by atoms with Gasteiger partial charge >= 0.3 is 0 Å². The van der Waals surface area contributed by atoms with Crippen molar-refractivity contribution < 1.29 is 19.1 Å². The van der Waals surface area contributed by atoms with Crippen molar-refractivity contribution in [1.82, 2.24) is 0 Å². The smallest absolute Gasteiger partial charge is 0.238 e. The Labute approximate surface area is 183 Å². The Bertz CT molecular complexity index is 1060. The third-order valence-corrected chi connectivity index (χ3v) is 6.64. The zero-order chi connectivity index (χ0) is 21.0. The normalized spacial score (nSPS) is 26.4. The van der Waals surface area contributed by atoms with Gasteiger partial charge in [-0.2, -0.15) is 0 Å². The summed E-state index contributed by atoms with van der Waals surface area (Å²) in [6.45, 7) is -0.244. The van der Waals surface area contributed by atoms with Crippen LogP contribution in [0.4, 0.5) is 5.69 Å². The maximum atomic E-state index is 13.1. The number of benzene rings is 2. The Morgan fingerprint density at radius 2 is 1.53 bits per heavy atom. The Morgan fingerprint density at radius 3 is 2.17 bits per heavy atom. The third-order valence-electron chi connectivity index (χ3n) is 6.16. The highest BCUT2D eigenvalue weighted by molar-refractivity contribution is 6.32. The minimum absolute atomic E-state index is 0.108. The van der Waals surface area contributed by atoms with Gasteiger partial charge in [-0.05, 0) is 60.7 Å². The van der Waals surface area contributed by atoms with Crippen molar-refractivity contribution in [2.24, 2.45) is 23.7 Å². The van der Waals surface area contributed by atoms with Crippen LogP contribution in [0.2, 0.25) is 10.0 Å². The first kappa shape index (κ1) is 19.3. The number of carbonyl (C=O) groups excluding carboxylic acids is 3. The monoisotopic (exact) mass is 441 g/mol. The van der Waals surface area contributed by atoms with E-state index >= 15 is 0 Å². The van der Waals surface area contributed by atoms with Gasteiger partial charge in [-0.3, -0.25) is 14.4 Å². The van der Waals surface area contributed by atoms with Gasteiger partial charge < -0.3 is 4.74 Å². The highest BCUT2D eigenvalue weighted by Gasteiger charge is 2.59. The van der Waals surface area contributed by atoms with Gasteiger partial charge in [0.2, 0.25) is 11.8 Å². The van der Waals surface area contributed by atoms with E-state index in [-0.39, 0.29) is 59.3 Å². The van der Waals surface area contributed by atoms with E-state index in [4.69, 9.17) is 27.9 Å². The summed E-state index contributed by atoms with van der Waals surface area (Å²) in [5, 5.41) is 0.910. The van der Waals surface area contributed by atoms with Gasteiger partial charge in [0.05, 0.1) is 17.5 Å².